The van der Waals surface area contributed by atoms with Crippen LogP contribution in [0.4, 0.5) is 0 Å². The van der Waals surface area contributed by atoms with Crippen molar-refractivity contribution in [2.24, 2.45) is 0 Å². The van der Waals surface area contributed by atoms with Crippen molar-refractivity contribution in [3.05, 3.63) is 58.7 Å². The Kier molecular flexibility index (Phi) is 7.82. The second kappa shape index (κ2) is 9.81. The van der Waals surface area contributed by atoms with Gasteiger partial charge in [-0.05, 0) is 80.0 Å². The summed E-state index contributed by atoms with van der Waals surface area (Å²) >= 11 is 0. The Bertz CT molecular complexity index is 979. The Morgan fingerprint density at radius 3 is 2.06 bits per heavy atom. The van der Waals surface area contributed by atoms with Crippen LogP contribution < -0.4 is 4.74 Å². The van der Waals surface area contributed by atoms with Crippen LogP contribution in [-0.4, -0.2) is 22.1 Å². The quantitative estimate of drug-likeness (QED) is 0.322. The lowest BCUT2D eigenvalue weighted by Crippen LogP contribution is -2.23. The van der Waals surface area contributed by atoms with Crippen molar-refractivity contribution in [2.45, 2.75) is 85.2 Å². The maximum Gasteiger partial charge on any atom is 0.185 e. The summed E-state index contributed by atoms with van der Waals surface area (Å²) in [4.78, 5) is 12.7. The van der Waals surface area contributed by atoms with Gasteiger partial charge in [0, 0.05) is 22.3 Å². The Balaban J connectivity index is 2.75. The molecule has 0 amide bonds. The van der Waals surface area contributed by atoms with Gasteiger partial charge in [-0.15, -0.1) is 0 Å². The lowest BCUT2D eigenvalue weighted by Gasteiger charge is -2.33. The number of aromatic hydroxyl groups is 2. The summed E-state index contributed by atoms with van der Waals surface area (Å²) in [5, 5.41) is 20.9. The Hall–Kier alpha value is -2.75. The molecule has 4 nitrogen and oxygen atoms in total. The van der Waals surface area contributed by atoms with E-state index in [1.807, 2.05) is 19.9 Å². The first-order valence-corrected chi connectivity index (χ1v) is 11.4. The van der Waals surface area contributed by atoms with E-state index in [9.17, 15) is 15.0 Å². The summed E-state index contributed by atoms with van der Waals surface area (Å²) in [5.74, 6) is 0.854. The summed E-state index contributed by atoms with van der Waals surface area (Å²) < 4.78 is 6.24. The van der Waals surface area contributed by atoms with Crippen LogP contribution in [0.2, 0.25) is 0 Å². The van der Waals surface area contributed by atoms with Gasteiger partial charge >= 0.3 is 0 Å². The number of carbonyl (C=O) groups is 1. The topological polar surface area (TPSA) is 66.8 Å². The van der Waals surface area contributed by atoms with Gasteiger partial charge in [-0.2, -0.15) is 0 Å². The van der Waals surface area contributed by atoms with Crippen LogP contribution in [0.1, 0.15) is 95.3 Å². The van der Waals surface area contributed by atoms with Gasteiger partial charge in [0.05, 0.1) is 6.10 Å². The first-order chi connectivity index (χ1) is 14.8. The zero-order chi connectivity index (χ0) is 24.3. The highest BCUT2D eigenvalue weighted by molar-refractivity contribution is 6.07. The second-order valence-corrected chi connectivity index (χ2v) is 9.95. The van der Waals surface area contributed by atoms with E-state index in [4.69, 9.17) is 4.74 Å². The van der Waals surface area contributed by atoms with Crippen molar-refractivity contribution in [1.29, 1.82) is 0 Å². The summed E-state index contributed by atoms with van der Waals surface area (Å²) in [5.41, 5.74) is 2.33. The zero-order valence-electron chi connectivity index (χ0n) is 20.7. The number of carbonyl (C=O) groups excluding carboxylic acids is 1. The van der Waals surface area contributed by atoms with Crippen molar-refractivity contribution in [2.75, 3.05) is 0 Å². The molecule has 0 aliphatic rings. The van der Waals surface area contributed by atoms with E-state index in [0.717, 1.165) is 29.5 Å². The molecular formula is C28H38O4. The van der Waals surface area contributed by atoms with Crippen molar-refractivity contribution in [3.8, 4) is 17.2 Å². The molecule has 0 spiro atoms. The number of ketones is 1. The zero-order valence-corrected chi connectivity index (χ0v) is 20.7. The third-order valence-corrected chi connectivity index (χ3v) is 6.37. The van der Waals surface area contributed by atoms with Crippen molar-refractivity contribution < 1.29 is 19.7 Å². The molecule has 174 valence electrons. The van der Waals surface area contributed by atoms with Crippen LogP contribution in [0.3, 0.4) is 0 Å². The molecule has 2 rings (SSSR count). The number of ether oxygens (including phenoxy) is 1. The first-order valence-electron chi connectivity index (χ1n) is 11.4. The minimum Gasteiger partial charge on any atom is -0.508 e. The number of benzene rings is 2. The lowest BCUT2D eigenvalue weighted by molar-refractivity contribution is 0.104. The lowest BCUT2D eigenvalue weighted by atomic mass is 9.74. The standard InChI is InChI=1S/C28H38O4/c1-9-27(5,6)22-17-20(13-16-23(30)19-11-14-21(29)15-12-19)26(32-18(3)4)24(25(22)31)28(7,8)10-2/h11-18,29,31H,9-10H2,1-8H3/b16-13+. The van der Waals surface area contributed by atoms with Gasteiger partial charge in [0.25, 0.3) is 0 Å². The molecule has 0 atom stereocenters. The molecule has 0 saturated carbocycles. The fourth-order valence-corrected chi connectivity index (χ4v) is 3.56. The predicted molar refractivity (Wildman–Crippen MR) is 132 cm³/mol. The Morgan fingerprint density at radius 2 is 1.56 bits per heavy atom. The van der Waals surface area contributed by atoms with Crippen LogP contribution in [0, 0.1) is 0 Å². The summed E-state index contributed by atoms with van der Waals surface area (Å²) in [7, 11) is 0. The molecule has 0 aliphatic heterocycles. The fraction of sp³-hybridized carbons (Fsp3) is 0.464. The highest BCUT2D eigenvalue weighted by atomic mass is 16.5. The van der Waals surface area contributed by atoms with Gasteiger partial charge < -0.3 is 14.9 Å². The molecule has 0 heterocycles. The second-order valence-electron chi connectivity index (χ2n) is 9.95. The molecule has 0 saturated heterocycles. The van der Waals surface area contributed by atoms with E-state index >= 15 is 0 Å². The maximum atomic E-state index is 12.7. The van der Waals surface area contributed by atoms with E-state index in [2.05, 4.69) is 41.5 Å². The molecule has 0 unspecified atom stereocenters. The highest BCUT2D eigenvalue weighted by Crippen LogP contribution is 2.48. The van der Waals surface area contributed by atoms with Crippen molar-refractivity contribution in [1.82, 2.24) is 0 Å². The molecule has 0 radical (unpaired) electrons. The van der Waals surface area contributed by atoms with Crippen LogP contribution in [0.15, 0.2) is 36.4 Å². The van der Waals surface area contributed by atoms with Gasteiger partial charge in [-0.25, -0.2) is 0 Å². The largest absolute Gasteiger partial charge is 0.508 e. The molecule has 0 aromatic heterocycles. The molecule has 32 heavy (non-hydrogen) atoms. The number of allylic oxidation sites excluding steroid dienone is 1. The van der Waals surface area contributed by atoms with Gasteiger partial charge in [-0.1, -0.05) is 41.5 Å². The smallest absolute Gasteiger partial charge is 0.185 e. The molecule has 2 aromatic carbocycles. The molecule has 2 N–H and O–H groups in total. The SMILES string of the molecule is CCC(C)(C)c1cc(/C=C/C(=O)c2ccc(O)cc2)c(OC(C)C)c(C(C)(C)CC)c1O. The minimum atomic E-state index is -0.322. The van der Waals surface area contributed by atoms with Gasteiger partial charge in [0.15, 0.2) is 5.78 Å². The number of hydrogen-bond acceptors (Lipinski definition) is 4. The van der Waals surface area contributed by atoms with E-state index in [1.165, 1.54) is 18.2 Å². The van der Waals surface area contributed by atoms with Crippen LogP contribution >= 0.6 is 0 Å². The molecule has 4 heteroatoms. The number of phenols is 2. The minimum absolute atomic E-state index is 0.0919. The molecule has 0 aliphatic carbocycles. The third-order valence-electron chi connectivity index (χ3n) is 6.37. The van der Waals surface area contributed by atoms with Crippen molar-refractivity contribution in [3.63, 3.8) is 0 Å². The Morgan fingerprint density at radius 1 is 1.00 bits per heavy atom. The van der Waals surface area contributed by atoms with Gasteiger partial charge in [0.2, 0.25) is 0 Å². The monoisotopic (exact) mass is 438 g/mol. The van der Waals surface area contributed by atoms with Crippen LogP contribution in [-0.2, 0) is 10.8 Å². The Labute approximate surface area is 193 Å². The molecule has 0 bridgehead atoms. The van der Waals surface area contributed by atoms with Gasteiger partial charge in [0.1, 0.15) is 17.2 Å². The third kappa shape index (κ3) is 5.53. The van der Waals surface area contributed by atoms with Crippen molar-refractivity contribution >= 4 is 11.9 Å². The number of rotatable bonds is 9. The molecular weight excluding hydrogens is 400 g/mol. The predicted octanol–water partition coefficient (Wildman–Crippen LogP) is 7.16. The van der Waals surface area contributed by atoms with E-state index in [1.54, 1.807) is 18.2 Å². The molecule has 0 fully saturated rings. The fourth-order valence-electron chi connectivity index (χ4n) is 3.56. The normalized spacial score (nSPS) is 12.5. The average Bonchev–Trinajstić information content (AvgIpc) is 2.72. The first kappa shape index (κ1) is 25.5. The summed E-state index contributed by atoms with van der Waals surface area (Å²) in [6, 6.07) is 8.15. The van der Waals surface area contributed by atoms with E-state index in [-0.39, 0.29) is 34.2 Å². The average molecular weight is 439 g/mol. The van der Waals surface area contributed by atoms with Gasteiger partial charge in [-0.3, -0.25) is 4.79 Å². The molecule has 2 aromatic rings. The summed E-state index contributed by atoms with van der Waals surface area (Å²) in [6.07, 6.45) is 4.88. The van der Waals surface area contributed by atoms with E-state index < -0.39 is 0 Å². The van der Waals surface area contributed by atoms with E-state index in [0.29, 0.717) is 11.3 Å². The van der Waals surface area contributed by atoms with Crippen LogP contribution in [0.5, 0.6) is 17.2 Å². The summed E-state index contributed by atoms with van der Waals surface area (Å²) in [6.45, 7) is 16.6. The van der Waals surface area contributed by atoms with Crippen LogP contribution in [0.25, 0.3) is 6.08 Å². The number of phenolic OH excluding ortho intramolecular Hbond substituents is 2. The highest BCUT2D eigenvalue weighted by Gasteiger charge is 2.34. The maximum absolute atomic E-state index is 12.7. The number of hydrogen-bond donors (Lipinski definition) is 2.